The fraction of sp³-hybridized carbons (Fsp3) is 0.294. The third kappa shape index (κ3) is 3.51. The molecule has 2 heterocycles. The molecule has 3 rings (SSSR count). The Morgan fingerprint density at radius 1 is 1.12 bits per heavy atom. The lowest BCUT2D eigenvalue weighted by molar-refractivity contribution is -0.116. The molecular formula is C17H19N5O2. The van der Waals surface area contributed by atoms with Gasteiger partial charge in [0.15, 0.2) is 0 Å². The summed E-state index contributed by atoms with van der Waals surface area (Å²) in [4.78, 5) is 36.2. The number of aromatic nitrogens is 2. The van der Waals surface area contributed by atoms with Gasteiger partial charge < -0.3 is 4.90 Å². The summed E-state index contributed by atoms with van der Waals surface area (Å²) in [6.45, 7) is 4.74. The maximum absolute atomic E-state index is 12.4. The van der Waals surface area contributed by atoms with Gasteiger partial charge in [-0.05, 0) is 32.0 Å². The first-order valence-electron chi connectivity index (χ1n) is 7.76. The largest absolute Gasteiger partial charge is 0.325 e. The summed E-state index contributed by atoms with van der Waals surface area (Å²) >= 11 is 0. The Morgan fingerprint density at radius 3 is 2.46 bits per heavy atom. The van der Waals surface area contributed by atoms with E-state index in [1.807, 2.05) is 50.2 Å². The number of benzene rings is 1. The van der Waals surface area contributed by atoms with Crippen molar-refractivity contribution >= 4 is 23.6 Å². The molecule has 0 bridgehead atoms. The van der Waals surface area contributed by atoms with Crippen molar-refractivity contribution in [1.82, 2.24) is 14.9 Å². The molecule has 0 aliphatic carbocycles. The van der Waals surface area contributed by atoms with Crippen LogP contribution in [0.4, 0.5) is 16.4 Å². The number of para-hydroxylation sites is 1. The molecule has 0 unspecified atom stereocenters. The molecule has 1 aromatic heterocycles. The summed E-state index contributed by atoms with van der Waals surface area (Å²) in [5.41, 5.74) is 2.40. The quantitative estimate of drug-likeness (QED) is 0.932. The molecule has 0 atom stereocenters. The Bertz CT molecular complexity index is 743. The number of hydrogen-bond acceptors (Lipinski definition) is 4. The highest BCUT2D eigenvalue weighted by atomic mass is 16.2. The predicted octanol–water partition coefficient (Wildman–Crippen LogP) is 1.97. The van der Waals surface area contributed by atoms with Crippen LogP contribution in [0.3, 0.4) is 0 Å². The number of aryl methyl sites for hydroxylation is 2. The Balaban J connectivity index is 1.62. The van der Waals surface area contributed by atoms with Crippen LogP contribution in [0.15, 0.2) is 36.4 Å². The number of anilines is 2. The van der Waals surface area contributed by atoms with Crippen LogP contribution in [0.1, 0.15) is 11.4 Å². The lowest BCUT2D eigenvalue weighted by Crippen LogP contribution is -2.37. The van der Waals surface area contributed by atoms with Gasteiger partial charge in [-0.15, -0.1) is 0 Å². The van der Waals surface area contributed by atoms with Gasteiger partial charge in [0, 0.05) is 30.2 Å². The SMILES string of the molecule is Cc1cc(C)nc(NC(=O)CN2CCN(c3ccccc3)C2=O)n1. The van der Waals surface area contributed by atoms with Gasteiger partial charge in [-0.25, -0.2) is 14.8 Å². The molecule has 24 heavy (non-hydrogen) atoms. The number of carbonyl (C=O) groups is 2. The van der Waals surface area contributed by atoms with E-state index in [1.165, 1.54) is 4.90 Å². The molecule has 1 aromatic carbocycles. The van der Waals surface area contributed by atoms with Crippen molar-refractivity contribution < 1.29 is 9.59 Å². The van der Waals surface area contributed by atoms with E-state index in [-0.39, 0.29) is 24.4 Å². The van der Waals surface area contributed by atoms with Gasteiger partial charge in [-0.1, -0.05) is 18.2 Å². The highest BCUT2D eigenvalue weighted by Crippen LogP contribution is 2.19. The minimum absolute atomic E-state index is 0.0154. The highest BCUT2D eigenvalue weighted by Gasteiger charge is 2.30. The van der Waals surface area contributed by atoms with Gasteiger partial charge in [0.25, 0.3) is 0 Å². The number of amides is 3. The van der Waals surface area contributed by atoms with Crippen LogP contribution >= 0.6 is 0 Å². The summed E-state index contributed by atoms with van der Waals surface area (Å²) in [5, 5.41) is 2.65. The first-order valence-corrected chi connectivity index (χ1v) is 7.76. The topological polar surface area (TPSA) is 78.4 Å². The number of carbonyl (C=O) groups excluding carboxylic acids is 2. The van der Waals surface area contributed by atoms with Crippen LogP contribution in [0.25, 0.3) is 0 Å². The van der Waals surface area contributed by atoms with Crippen molar-refractivity contribution in [3.8, 4) is 0 Å². The maximum Gasteiger partial charge on any atom is 0.325 e. The van der Waals surface area contributed by atoms with E-state index >= 15 is 0 Å². The first kappa shape index (κ1) is 15.9. The van der Waals surface area contributed by atoms with Crippen molar-refractivity contribution in [2.45, 2.75) is 13.8 Å². The Labute approximate surface area is 140 Å². The van der Waals surface area contributed by atoms with E-state index in [4.69, 9.17) is 0 Å². The van der Waals surface area contributed by atoms with Crippen LogP contribution in [-0.2, 0) is 4.79 Å². The standard InChI is InChI=1S/C17H19N5O2/c1-12-10-13(2)19-16(18-12)20-15(23)11-21-8-9-22(17(21)24)14-6-4-3-5-7-14/h3-7,10H,8-9,11H2,1-2H3,(H,18,19,20,23). The second-order valence-electron chi connectivity index (χ2n) is 5.71. The molecule has 2 aromatic rings. The van der Waals surface area contributed by atoms with Crippen molar-refractivity contribution in [3.05, 3.63) is 47.8 Å². The summed E-state index contributed by atoms with van der Waals surface area (Å²) < 4.78 is 0. The average molecular weight is 325 g/mol. The zero-order valence-corrected chi connectivity index (χ0v) is 13.7. The number of hydrogen-bond donors (Lipinski definition) is 1. The number of urea groups is 1. The number of rotatable bonds is 4. The van der Waals surface area contributed by atoms with E-state index in [2.05, 4.69) is 15.3 Å². The van der Waals surface area contributed by atoms with Crippen LogP contribution < -0.4 is 10.2 Å². The van der Waals surface area contributed by atoms with E-state index in [0.717, 1.165) is 17.1 Å². The molecule has 1 N–H and O–H groups in total. The molecule has 0 spiro atoms. The molecular weight excluding hydrogens is 306 g/mol. The van der Waals surface area contributed by atoms with E-state index in [9.17, 15) is 9.59 Å². The van der Waals surface area contributed by atoms with Crippen molar-refractivity contribution in [2.75, 3.05) is 29.9 Å². The van der Waals surface area contributed by atoms with E-state index in [0.29, 0.717) is 13.1 Å². The lowest BCUT2D eigenvalue weighted by atomic mass is 10.3. The van der Waals surface area contributed by atoms with E-state index in [1.54, 1.807) is 4.90 Å². The molecule has 7 heteroatoms. The molecule has 0 radical (unpaired) electrons. The summed E-state index contributed by atoms with van der Waals surface area (Å²) in [6, 6.07) is 11.1. The van der Waals surface area contributed by atoms with Crippen molar-refractivity contribution in [2.24, 2.45) is 0 Å². The lowest BCUT2D eigenvalue weighted by Gasteiger charge is -2.18. The Hall–Kier alpha value is -2.96. The molecule has 1 aliphatic heterocycles. The van der Waals surface area contributed by atoms with Crippen LogP contribution in [0, 0.1) is 13.8 Å². The second kappa shape index (κ2) is 6.66. The van der Waals surface area contributed by atoms with Crippen LogP contribution in [-0.4, -0.2) is 46.4 Å². The predicted molar refractivity (Wildman–Crippen MR) is 90.9 cm³/mol. The van der Waals surface area contributed by atoms with Crippen molar-refractivity contribution in [1.29, 1.82) is 0 Å². The molecule has 3 amide bonds. The van der Waals surface area contributed by atoms with Gasteiger partial charge in [0.2, 0.25) is 11.9 Å². The molecule has 1 aliphatic rings. The van der Waals surface area contributed by atoms with Gasteiger partial charge in [0.05, 0.1) is 0 Å². The molecule has 1 saturated heterocycles. The minimum atomic E-state index is -0.303. The minimum Gasteiger partial charge on any atom is -0.313 e. The Morgan fingerprint density at radius 2 is 1.79 bits per heavy atom. The maximum atomic E-state index is 12.4. The normalized spacial score (nSPS) is 14.2. The third-order valence-electron chi connectivity index (χ3n) is 3.73. The number of nitrogens with one attached hydrogen (secondary N) is 1. The summed E-state index contributed by atoms with van der Waals surface area (Å²) in [5.74, 6) is -0.0349. The molecule has 124 valence electrons. The van der Waals surface area contributed by atoms with Crippen molar-refractivity contribution in [3.63, 3.8) is 0 Å². The average Bonchev–Trinajstić information content (AvgIpc) is 2.88. The molecule has 0 saturated carbocycles. The van der Waals surface area contributed by atoms with Gasteiger partial charge in [0.1, 0.15) is 6.54 Å². The first-order chi connectivity index (χ1) is 11.5. The monoisotopic (exact) mass is 325 g/mol. The zero-order valence-electron chi connectivity index (χ0n) is 13.7. The fourth-order valence-corrected chi connectivity index (χ4v) is 2.70. The fourth-order valence-electron chi connectivity index (χ4n) is 2.70. The van der Waals surface area contributed by atoms with Crippen LogP contribution in [0.5, 0.6) is 0 Å². The summed E-state index contributed by atoms with van der Waals surface area (Å²) in [7, 11) is 0. The molecule has 7 nitrogen and oxygen atoms in total. The van der Waals surface area contributed by atoms with E-state index < -0.39 is 0 Å². The smallest absolute Gasteiger partial charge is 0.313 e. The zero-order chi connectivity index (χ0) is 17.1. The van der Waals surface area contributed by atoms with Crippen LogP contribution in [0.2, 0.25) is 0 Å². The number of nitrogens with zero attached hydrogens (tertiary/aromatic N) is 4. The van der Waals surface area contributed by atoms with Gasteiger partial charge in [-0.3, -0.25) is 15.0 Å². The Kier molecular flexibility index (Phi) is 4.41. The highest BCUT2D eigenvalue weighted by molar-refractivity contribution is 5.98. The van der Waals surface area contributed by atoms with Gasteiger partial charge in [-0.2, -0.15) is 0 Å². The molecule has 1 fully saturated rings. The van der Waals surface area contributed by atoms with Gasteiger partial charge >= 0.3 is 6.03 Å². The summed E-state index contributed by atoms with van der Waals surface area (Å²) in [6.07, 6.45) is 0. The third-order valence-corrected chi connectivity index (χ3v) is 3.73. The second-order valence-corrected chi connectivity index (χ2v) is 5.71.